The molecule has 0 spiro atoms. The predicted octanol–water partition coefficient (Wildman–Crippen LogP) is 3.52. The van der Waals surface area contributed by atoms with Gasteiger partial charge in [-0.3, -0.25) is 4.57 Å². The molecule has 0 N–H and O–H groups in total. The Kier molecular flexibility index (Phi) is 4.49. The molecule has 0 radical (unpaired) electrons. The van der Waals surface area contributed by atoms with Crippen LogP contribution in [0.25, 0.3) is 11.2 Å². The van der Waals surface area contributed by atoms with Crippen LogP contribution < -0.4 is 0 Å². The Hall–Kier alpha value is -1.01. The number of rotatable bonds is 7. The molecule has 1 aliphatic carbocycles. The zero-order chi connectivity index (χ0) is 16.7. The normalized spacial score (nSPS) is 24.3. The van der Waals surface area contributed by atoms with Crippen molar-refractivity contribution in [3.63, 3.8) is 0 Å². The topological polar surface area (TPSA) is 79.1 Å². The standard InChI is InChI=1S/C14H20ClN4O3P/c1-4-21-23(20,22-5-2)14(3)6-10(14)7-19-9-18-11-12(15)16-8-17-13(11)19/h8-10H,4-7H2,1-3H3/t10-,14+/m1/s1. The molecule has 2 aromatic rings. The number of fused-ring (bicyclic) bond motifs is 1. The van der Waals surface area contributed by atoms with Crippen molar-refractivity contribution in [2.75, 3.05) is 13.2 Å². The van der Waals surface area contributed by atoms with Crippen molar-refractivity contribution in [1.82, 2.24) is 19.5 Å². The van der Waals surface area contributed by atoms with Crippen LogP contribution in [0.2, 0.25) is 5.15 Å². The van der Waals surface area contributed by atoms with Crippen LogP contribution in [0.5, 0.6) is 0 Å². The molecule has 1 fully saturated rings. The highest BCUT2D eigenvalue weighted by atomic mass is 35.5. The number of imidazole rings is 1. The maximum absolute atomic E-state index is 13.0. The molecule has 0 aromatic carbocycles. The molecular formula is C14H20ClN4O3P. The fourth-order valence-electron chi connectivity index (χ4n) is 2.93. The van der Waals surface area contributed by atoms with Crippen LogP contribution in [0.3, 0.4) is 0 Å². The molecule has 0 bridgehead atoms. The predicted molar refractivity (Wildman–Crippen MR) is 87.7 cm³/mol. The van der Waals surface area contributed by atoms with E-state index in [-0.39, 0.29) is 5.92 Å². The summed E-state index contributed by atoms with van der Waals surface area (Å²) in [5, 5.41) is -0.131. The summed E-state index contributed by atoms with van der Waals surface area (Å²) in [6, 6.07) is 0. The molecule has 23 heavy (non-hydrogen) atoms. The highest BCUT2D eigenvalue weighted by molar-refractivity contribution is 7.56. The lowest BCUT2D eigenvalue weighted by Crippen LogP contribution is -2.16. The molecule has 0 aliphatic heterocycles. The first kappa shape index (κ1) is 16.8. The molecule has 7 nitrogen and oxygen atoms in total. The summed E-state index contributed by atoms with van der Waals surface area (Å²) in [4.78, 5) is 12.4. The SMILES string of the molecule is CCOP(=O)(OCC)[C@@]1(C)C[C@@H]1Cn1cnc2c(Cl)ncnc21. The number of halogens is 1. The second kappa shape index (κ2) is 6.13. The Morgan fingerprint density at radius 1 is 1.35 bits per heavy atom. The van der Waals surface area contributed by atoms with Gasteiger partial charge in [0.2, 0.25) is 0 Å². The lowest BCUT2D eigenvalue weighted by atomic mass is 10.3. The molecule has 1 aliphatic rings. The Bertz CT molecular complexity index is 758. The van der Waals surface area contributed by atoms with E-state index in [1.54, 1.807) is 6.33 Å². The van der Waals surface area contributed by atoms with E-state index in [4.69, 9.17) is 20.6 Å². The van der Waals surface area contributed by atoms with Crippen LogP contribution in [0, 0.1) is 5.92 Å². The highest BCUT2D eigenvalue weighted by Crippen LogP contribution is 2.74. The van der Waals surface area contributed by atoms with Crippen LogP contribution in [0.15, 0.2) is 12.7 Å². The zero-order valence-corrected chi connectivity index (χ0v) is 15.0. The summed E-state index contributed by atoms with van der Waals surface area (Å²) in [5.74, 6) is 0.178. The minimum Gasteiger partial charge on any atom is -0.315 e. The number of hydrogen-bond acceptors (Lipinski definition) is 6. The number of aromatic nitrogens is 4. The first-order chi connectivity index (χ1) is 10.9. The van der Waals surface area contributed by atoms with E-state index in [0.29, 0.717) is 36.1 Å². The van der Waals surface area contributed by atoms with Crippen molar-refractivity contribution in [3.8, 4) is 0 Å². The average molecular weight is 359 g/mol. The minimum absolute atomic E-state index is 0.178. The first-order valence-corrected chi connectivity index (χ1v) is 9.57. The maximum Gasteiger partial charge on any atom is 0.336 e. The van der Waals surface area contributed by atoms with Gasteiger partial charge in [0.15, 0.2) is 10.8 Å². The highest BCUT2D eigenvalue weighted by Gasteiger charge is 2.64. The minimum atomic E-state index is -3.13. The third-order valence-electron chi connectivity index (χ3n) is 4.38. The van der Waals surface area contributed by atoms with Crippen molar-refractivity contribution >= 4 is 30.4 Å². The van der Waals surface area contributed by atoms with E-state index < -0.39 is 12.8 Å². The van der Waals surface area contributed by atoms with Crippen molar-refractivity contribution in [3.05, 3.63) is 17.8 Å². The average Bonchev–Trinajstić information content (AvgIpc) is 2.99. The van der Waals surface area contributed by atoms with E-state index in [0.717, 1.165) is 6.42 Å². The summed E-state index contributed by atoms with van der Waals surface area (Å²) in [5.41, 5.74) is 1.26. The lowest BCUT2D eigenvalue weighted by Gasteiger charge is -2.24. The smallest absolute Gasteiger partial charge is 0.315 e. The van der Waals surface area contributed by atoms with E-state index in [2.05, 4.69) is 15.0 Å². The first-order valence-electron chi connectivity index (χ1n) is 7.65. The van der Waals surface area contributed by atoms with E-state index in [1.165, 1.54) is 6.33 Å². The fraction of sp³-hybridized carbons (Fsp3) is 0.643. The van der Waals surface area contributed by atoms with Crippen LogP contribution in [0.1, 0.15) is 27.2 Å². The molecule has 2 atom stereocenters. The van der Waals surface area contributed by atoms with Gasteiger partial charge in [-0.05, 0) is 33.1 Å². The van der Waals surface area contributed by atoms with E-state index in [9.17, 15) is 4.57 Å². The van der Waals surface area contributed by atoms with Crippen molar-refractivity contribution < 1.29 is 13.6 Å². The summed E-state index contributed by atoms with van der Waals surface area (Å²) in [6.45, 7) is 7.01. The monoisotopic (exact) mass is 358 g/mol. The summed E-state index contributed by atoms with van der Waals surface area (Å²) >= 11 is 6.02. The molecule has 0 amide bonds. The quantitative estimate of drug-likeness (QED) is 0.556. The summed E-state index contributed by atoms with van der Waals surface area (Å²) < 4.78 is 26.0. The molecule has 126 valence electrons. The van der Waals surface area contributed by atoms with Gasteiger partial charge < -0.3 is 13.6 Å². The van der Waals surface area contributed by atoms with Crippen molar-refractivity contribution in [2.24, 2.45) is 5.92 Å². The Labute approximate surface area is 139 Å². The van der Waals surface area contributed by atoms with Crippen LogP contribution in [0.4, 0.5) is 0 Å². The van der Waals surface area contributed by atoms with Gasteiger partial charge in [0.1, 0.15) is 11.8 Å². The van der Waals surface area contributed by atoms with Crippen LogP contribution in [-0.2, 0) is 20.2 Å². The molecule has 0 saturated heterocycles. The second-order valence-corrected chi connectivity index (χ2v) is 8.72. The molecule has 3 rings (SSSR count). The van der Waals surface area contributed by atoms with Gasteiger partial charge in [-0.15, -0.1) is 0 Å². The molecule has 9 heteroatoms. The van der Waals surface area contributed by atoms with E-state index >= 15 is 0 Å². The van der Waals surface area contributed by atoms with Gasteiger partial charge in [0.25, 0.3) is 0 Å². The van der Waals surface area contributed by atoms with Gasteiger partial charge >= 0.3 is 7.60 Å². The van der Waals surface area contributed by atoms with Crippen molar-refractivity contribution in [2.45, 2.75) is 38.9 Å². The number of nitrogens with zero attached hydrogens (tertiary/aromatic N) is 4. The van der Waals surface area contributed by atoms with Crippen molar-refractivity contribution in [1.29, 1.82) is 0 Å². The van der Waals surface area contributed by atoms with Gasteiger partial charge in [-0.1, -0.05) is 11.6 Å². The lowest BCUT2D eigenvalue weighted by molar-refractivity contribution is 0.208. The second-order valence-electron chi connectivity index (χ2n) is 5.82. The molecule has 1 saturated carbocycles. The largest absolute Gasteiger partial charge is 0.336 e. The van der Waals surface area contributed by atoms with Crippen LogP contribution in [-0.4, -0.2) is 37.9 Å². The van der Waals surface area contributed by atoms with Gasteiger partial charge in [-0.2, -0.15) is 0 Å². The van der Waals surface area contributed by atoms with Gasteiger partial charge in [0.05, 0.1) is 24.7 Å². The Balaban J connectivity index is 1.82. The van der Waals surface area contributed by atoms with Crippen LogP contribution >= 0.6 is 19.2 Å². The van der Waals surface area contributed by atoms with Gasteiger partial charge in [-0.25, -0.2) is 15.0 Å². The molecule has 0 unspecified atom stereocenters. The third kappa shape index (κ3) is 2.80. The number of hydrogen-bond donors (Lipinski definition) is 0. The molecular weight excluding hydrogens is 339 g/mol. The Morgan fingerprint density at radius 3 is 2.70 bits per heavy atom. The maximum atomic E-state index is 13.0. The summed E-state index contributed by atoms with van der Waals surface area (Å²) in [7, 11) is -3.13. The zero-order valence-electron chi connectivity index (χ0n) is 13.4. The fourth-order valence-corrected chi connectivity index (χ4v) is 5.43. The van der Waals surface area contributed by atoms with Gasteiger partial charge in [0, 0.05) is 6.54 Å². The molecule has 2 aromatic heterocycles. The summed E-state index contributed by atoms with van der Waals surface area (Å²) in [6.07, 6.45) is 3.89. The third-order valence-corrected chi connectivity index (χ3v) is 7.65. The Morgan fingerprint density at radius 2 is 2.04 bits per heavy atom. The van der Waals surface area contributed by atoms with E-state index in [1.807, 2.05) is 25.3 Å². The molecule has 2 heterocycles.